The summed E-state index contributed by atoms with van der Waals surface area (Å²) in [5, 5.41) is 8.90. The molecule has 0 aliphatic heterocycles. The fourth-order valence-electron chi connectivity index (χ4n) is 1.39. The fourth-order valence-corrected chi connectivity index (χ4v) is 3.82. The van der Waals surface area contributed by atoms with Crippen molar-refractivity contribution in [3.8, 4) is 0 Å². The molecule has 0 atom stereocenters. The van der Waals surface area contributed by atoms with Crippen molar-refractivity contribution >= 4 is 27.3 Å². The number of hydrogen-bond donors (Lipinski definition) is 2. The van der Waals surface area contributed by atoms with Gasteiger partial charge >= 0.3 is 5.97 Å². The van der Waals surface area contributed by atoms with Crippen LogP contribution in [0.2, 0.25) is 0 Å². The standard InChI is InChI=1S/C11H18N2O5S2/c1-11(2,4-5-18-3)6-13-20(16,17)10-8(9(14)15)12-7-19-10/h7,13H,4-6H2,1-3H3,(H,14,15). The average Bonchev–Trinajstić information content (AvgIpc) is 2.84. The number of rotatable bonds is 8. The molecule has 7 nitrogen and oxygen atoms in total. The third-order valence-corrected chi connectivity index (χ3v) is 5.48. The van der Waals surface area contributed by atoms with Crippen molar-refractivity contribution in [2.45, 2.75) is 24.5 Å². The summed E-state index contributed by atoms with van der Waals surface area (Å²) in [5.74, 6) is -1.36. The molecule has 114 valence electrons. The van der Waals surface area contributed by atoms with Crippen molar-refractivity contribution in [3.05, 3.63) is 11.2 Å². The Bertz CT molecular complexity index is 565. The number of ether oxygens (including phenoxy) is 1. The molecule has 0 fully saturated rings. The van der Waals surface area contributed by atoms with Gasteiger partial charge in [0.25, 0.3) is 10.0 Å². The zero-order valence-corrected chi connectivity index (χ0v) is 13.2. The minimum atomic E-state index is -3.87. The molecule has 0 saturated heterocycles. The maximum Gasteiger partial charge on any atom is 0.356 e. The summed E-state index contributed by atoms with van der Waals surface area (Å²) in [5.41, 5.74) is 0.461. The molecule has 1 heterocycles. The van der Waals surface area contributed by atoms with Crippen LogP contribution in [0.5, 0.6) is 0 Å². The number of carboxylic acids is 1. The molecule has 20 heavy (non-hydrogen) atoms. The lowest BCUT2D eigenvalue weighted by atomic mass is 9.90. The van der Waals surface area contributed by atoms with Gasteiger partial charge in [-0.2, -0.15) is 0 Å². The second-order valence-corrected chi connectivity index (χ2v) is 7.84. The molecule has 0 radical (unpaired) electrons. The van der Waals surface area contributed by atoms with E-state index in [1.54, 1.807) is 7.11 Å². The van der Waals surface area contributed by atoms with Gasteiger partial charge in [-0.1, -0.05) is 13.8 Å². The van der Waals surface area contributed by atoms with Crippen LogP contribution < -0.4 is 4.72 Å². The number of aromatic nitrogens is 1. The normalized spacial score (nSPS) is 12.6. The lowest BCUT2D eigenvalue weighted by Crippen LogP contribution is -2.35. The van der Waals surface area contributed by atoms with Gasteiger partial charge in [0.05, 0.1) is 5.51 Å². The van der Waals surface area contributed by atoms with E-state index in [9.17, 15) is 13.2 Å². The second-order valence-electron chi connectivity index (χ2n) is 5.03. The van der Waals surface area contributed by atoms with Gasteiger partial charge in [-0.05, 0) is 11.8 Å². The molecule has 9 heteroatoms. The fraction of sp³-hybridized carbons (Fsp3) is 0.636. The number of carboxylic acid groups (broad SMARTS) is 1. The first-order valence-electron chi connectivity index (χ1n) is 5.85. The van der Waals surface area contributed by atoms with Crippen LogP contribution in [0, 0.1) is 5.41 Å². The number of methoxy groups -OCH3 is 1. The van der Waals surface area contributed by atoms with E-state index in [0.717, 1.165) is 11.3 Å². The molecule has 1 aromatic rings. The Kier molecular flexibility index (Phi) is 5.63. The Labute approximate surface area is 122 Å². The van der Waals surface area contributed by atoms with Gasteiger partial charge in [0.1, 0.15) is 0 Å². The smallest absolute Gasteiger partial charge is 0.356 e. The van der Waals surface area contributed by atoms with Gasteiger partial charge < -0.3 is 9.84 Å². The first kappa shape index (κ1) is 17.0. The van der Waals surface area contributed by atoms with Crippen molar-refractivity contribution in [3.63, 3.8) is 0 Å². The number of nitrogens with zero attached hydrogens (tertiary/aromatic N) is 1. The summed E-state index contributed by atoms with van der Waals surface area (Å²) in [4.78, 5) is 14.5. The van der Waals surface area contributed by atoms with E-state index in [-0.39, 0.29) is 16.2 Å². The zero-order valence-electron chi connectivity index (χ0n) is 11.5. The Hall–Kier alpha value is -1.03. The molecule has 0 saturated carbocycles. The molecular weight excluding hydrogens is 304 g/mol. The van der Waals surface area contributed by atoms with E-state index in [0.29, 0.717) is 13.0 Å². The van der Waals surface area contributed by atoms with Crippen molar-refractivity contribution < 1.29 is 23.1 Å². The molecule has 2 N–H and O–H groups in total. The van der Waals surface area contributed by atoms with Gasteiger partial charge in [-0.15, -0.1) is 11.3 Å². The summed E-state index contributed by atoms with van der Waals surface area (Å²) < 4.78 is 31.3. The summed E-state index contributed by atoms with van der Waals surface area (Å²) in [6.07, 6.45) is 0.681. The van der Waals surface area contributed by atoms with Crippen LogP contribution >= 0.6 is 11.3 Å². The van der Waals surface area contributed by atoms with E-state index in [4.69, 9.17) is 9.84 Å². The second kappa shape index (κ2) is 6.61. The minimum absolute atomic E-state index is 0.190. The van der Waals surface area contributed by atoms with E-state index >= 15 is 0 Å². The quantitative estimate of drug-likeness (QED) is 0.744. The SMILES string of the molecule is COCCC(C)(C)CNS(=O)(=O)c1scnc1C(=O)O. The molecule has 0 bridgehead atoms. The highest BCUT2D eigenvalue weighted by Gasteiger charge is 2.28. The van der Waals surface area contributed by atoms with E-state index < -0.39 is 21.7 Å². The highest BCUT2D eigenvalue weighted by Crippen LogP contribution is 2.23. The third-order valence-electron chi connectivity index (χ3n) is 2.71. The summed E-state index contributed by atoms with van der Waals surface area (Å²) in [6.45, 7) is 4.52. The lowest BCUT2D eigenvalue weighted by Gasteiger charge is -2.24. The maximum atomic E-state index is 12.1. The number of aromatic carboxylic acids is 1. The summed E-state index contributed by atoms with van der Waals surface area (Å²) >= 11 is 0.786. The molecule has 0 aromatic carbocycles. The zero-order chi connectivity index (χ0) is 15.4. The highest BCUT2D eigenvalue weighted by atomic mass is 32.2. The number of thiazole rings is 1. The molecule has 0 spiro atoms. The Morgan fingerprint density at radius 3 is 2.75 bits per heavy atom. The molecule has 1 rings (SSSR count). The van der Waals surface area contributed by atoms with Crippen molar-refractivity contribution in [2.75, 3.05) is 20.3 Å². The minimum Gasteiger partial charge on any atom is -0.476 e. The summed E-state index contributed by atoms with van der Waals surface area (Å²) in [6, 6.07) is 0. The van der Waals surface area contributed by atoms with Crippen LogP contribution in [0.1, 0.15) is 30.8 Å². The molecule has 0 aliphatic rings. The summed E-state index contributed by atoms with van der Waals surface area (Å²) in [7, 11) is -2.29. The highest BCUT2D eigenvalue weighted by molar-refractivity contribution is 7.91. The lowest BCUT2D eigenvalue weighted by molar-refractivity contribution is 0.0687. The van der Waals surface area contributed by atoms with Crippen LogP contribution in [0.15, 0.2) is 9.72 Å². The predicted molar refractivity (Wildman–Crippen MR) is 74.5 cm³/mol. The average molecular weight is 322 g/mol. The van der Waals surface area contributed by atoms with Crippen molar-refractivity contribution in [1.29, 1.82) is 0 Å². The van der Waals surface area contributed by atoms with Gasteiger partial charge in [0, 0.05) is 20.3 Å². The molecular formula is C11H18N2O5S2. The maximum absolute atomic E-state index is 12.1. The third kappa shape index (κ3) is 4.51. The first-order valence-corrected chi connectivity index (χ1v) is 8.21. The van der Waals surface area contributed by atoms with Crippen molar-refractivity contribution in [1.82, 2.24) is 9.71 Å². The topological polar surface area (TPSA) is 106 Å². The number of sulfonamides is 1. The molecule has 0 unspecified atom stereocenters. The van der Waals surface area contributed by atoms with Crippen LogP contribution in [0.4, 0.5) is 0 Å². The van der Waals surface area contributed by atoms with E-state index in [1.165, 1.54) is 5.51 Å². The van der Waals surface area contributed by atoms with E-state index in [2.05, 4.69) is 9.71 Å². The largest absolute Gasteiger partial charge is 0.476 e. The van der Waals surface area contributed by atoms with Gasteiger partial charge in [-0.25, -0.2) is 22.9 Å². The monoisotopic (exact) mass is 322 g/mol. The predicted octanol–water partition coefficient (Wildman–Crippen LogP) is 1.18. The van der Waals surface area contributed by atoms with Gasteiger partial charge in [-0.3, -0.25) is 0 Å². The van der Waals surface area contributed by atoms with Crippen LogP contribution in [0.25, 0.3) is 0 Å². The van der Waals surface area contributed by atoms with Gasteiger partial charge in [0.2, 0.25) is 0 Å². The van der Waals surface area contributed by atoms with Gasteiger partial charge in [0.15, 0.2) is 9.90 Å². The van der Waals surface area contributed by atoms with Crippen LogP contribution in [-0.4, -0.2) is 44.7 Å². The number of carbonyl (C=O) groups is 1. The van der Waals surface area contributed by atoms with E-state index in [1.807, 2.05) is 13.8 Å². The Balaban J connectivity index is 2.80. The number of hydrogen-bond acceptors (Lipinski definition) is 6. The van der Waals surface area contributed by atoms with Crippen molar-refractivity contribution in [2.24, 2.45) is 5.41 Å². The molecule has 0 aliphatic carbocycles. The van der Waals surface area contributed by atoms with Crippen LogP contribution in [0.3, 0.4) is 0 Å². The molecule has 1 aromatic heterocycles. The first-order chi connectivity index (χ1) is 9.19. The number of nitrogens with one attached hydrogen (secondary N) is 1. The van der Waals surface area contributed by atoms with Crippen LogP contribution in [-0.2, 0) is 14.8 Å². The Morgan fingerprint density at radius 1 is 1.55 bits per heavy atom. The molecule has 0 amide bonds. The Morgan fingerprint density at radius 2 is 2.20 bits per heavy atom.